The first-order valence-electron chi connectivity index (χ1n) is 7.52. The van der Waals surface area contributed by atoms with Gasteiger partial charge < -0.3 is 9.30 Å². The topological polar surface area (TPSA) is 55.0 Å². The van der Waals surface area contributed by atoms with E-state index < -0.39 is 5.92 Å². The highest BCUT2D eigenvalue weighted by Gasteiger charge is 2.22. The lowest BCUT2D eigenvalue weighted by atomic mass is 9.95. The van der Waals surface area contributed by atoms with Crippen molar-refractivity contribution in [1.82, 2.24) is 4.57 Å². The molecular weight excluding hydrogens is 276 g/mol. The predicted octanol–water partition coefficient (Wildman–Crippen LogP) is 3.78. The van der Waals surface area contributed by atoms with E-state index in [2.05, 4.69) is 37.6 Å². The Morgan fingerprint density at radius 1 is 1.41 bits per heavy atom. The molecule has 4 nitrogen and oxygen atoms in total. The summed E-state index contributed by atoms with van der Waals surface area (Å²) in [6.45, 7) is 7.37. The zero-order chi connectivity index (χ0) is 16.3. The van der Waals surface area contributed by atoms with Crippen LogP contribution in [0, 0.1) is 24.2 Å². The van der Waals surface area contributed by atoms with Gasteiger partial charge in [0.15, 0.2) is 0 Å². The first-order valence-corrected chi connectivity index (χ1v) is 7.52. The van der Waals surface area contributed by atoms with Crippen molar-refractivity contribution in [1.29, 1.82) is 5.26 Å². The van der Waals surface area contributed by atoms with Crippen molar-refractivity contribution in [3.05, 3.63) is 35.5 Å². The molecule has 0 bridgehead atoms. The first kappa shape index (κ1) is 16.1. The normalized spacial score (nSPS) is 12.4. The number of hydrogen-bond donors (Lipinski definition) is 0. The van der Waals surface area contributed by atoms with Gasteiger partial charge in [0.25, 0.3) is 0 Å². The van der Waals surface area contributed by atoms with Crippen LogP contribution in [0.4, 0.5) is 0 Å². The second kappa shape index (κ2) is 6.65. The van der Waals surface area contributed by atoms with Crippen LogP contribution in [0.15, 0.2) is 24.4 Å². The smallest absolute Gasteiger partial charge is 0.314 e. The van der Waals surface area contributed by atoms with Gasteiger partial charge in [0.1, 0.15) is 0 Å². The Hall–Kier alpha value is -2.28. The Morgan fingerprint density at radius 2 is 2.14 bits per heavy atom. The third-order valence-corrected chi connectivity index (χ3v) is 3.85. The van der Waals surface area contributed by atoms with Crippen LogP contribution in [0.3, 0.4) is 0 Å². The average molecular weight is 298 g/mol. The Balaban J connectivity index is 2.52. The van der Waals surface area contributed by atoms with Gasteiger partial charge in [-0.05, 0) is 30.0 Å². The molecule has 4 heteroatoms. The minimum absolute atomic E-state index is 0.127. The number of nitrogens with zero attached hydrogens (tertiary/aromatic N) is 2. The molecule has 2 rings (SSSR count). The van der Waals surface area contributed by atoms with E-state index in [1.807, 2.05) is 18.2 Å². The van der Waals surface area contributed by atoms with Crippen molar-refractivity contribution in [3.8, 4) is 6.07 Å². The fourth-order valence-electron chi connectivity index (χ4n) is 2.82. The number of esters is 1. The summed E-state index contributed by atoms with van der Waals surface area (Å²) in [5, 5.41) is 10.2. The Kier molecular flexibility index (Phi) is 4.87. The van der Waals surface area contributed by atoms with Gasteiger partial charge in [0, 0.05) is 23.6 Å². The maximum absolute atomic E-state index is 11.9. The monoisotopic (exact) mass is 298 g/mol. The van der Waals surface area contributed by atoms with E-state index in [1.165, 1.54) is 18.1 Å². The van der Waals surface area contributed by atoms with Gasteiger partial charge in [-0.3, -0.25) is 4.79 Å². The van der Waals surface area contributed by atoms with Gasteiger partial charge in [-0.2, -0.15) is 5.26 Å². The number of methoxy groups -OCH3 is 1. The molecule has 0 saturated carbocycles. The standard InChI is InChI=1S/C18H22N2O2/c1-12(2)10-20-11-13(3)15-6-5-14(9-17(15)20)16(7-8-19)18(21)22-4/h5-6,9,11-12,16H,7,10H2,1-4H3. The molecule has 0 aliphatic rings. The molecule has 0 amide bonds. The molecule has 0 aliphatic heterocycles. The maximum atomic E-state index is 11.9. The quantitative estimate of drug-likeness (QED) is 0.789. The molecule has 1 aromatic heterocycles. The lowest BCUT2D eigenvalue weighted by Gasteiger charge is -2.13. The highest BCUT2D eigenvalue weighted by Crippen LogP contribution is 2.28. The summed E-state index contributed by atoms with van der Waals surface area (Å²) < 4.78 is 7.06. The molecule has 0 spiro atoms. The van der Waals surface area contributed by atoms with Crippen LogP contribution < -0.4 is 0 Å². The van der Waals surface area contributed by atoms with Crippen molar-refractivity contribution < 1.29 is 9.53 Å². The molecular formula is C18H22N2O2. The zero-order valence-electron chi connectivity index (χ0n) is 13.6. The number of rotatable bonds is 5. The molecule has 0 fully saturated rings. The summed E-state index contributed by atoms with van der Waals surface area (Å²) in [6, 6.07) is 8.05. The van der Waals surface area contributed by atoms with Gasteiger partial charge in [0.2, 0.25) is 0 Å². The van der Waals surface area contributed by atoms with E-state index >= 15 is 0 Å². The lowest BCUT2D eigenvalue weighted by molar-refractivity contribution is -0.142. The fraction of sp³-hybridized carbons (Fsp3) is 0.444. The van der Waals surface area contributed by atoms with Gasteiger partial charge in [0.05, 0.1) is 25.5 Å². The van der Waals surface area contributed by atoms with Crippen LogP contribution in [-0.4, -0.2) is 17.6 Å². The molecule has 0 aliphatic carbocycles. The summed E-state index contributed by atoms with van der Waals surface area (Å²) in [4.78, 5) is 11.9. The van der Waals surface area contributed by atoms with Crippen molar-refractivity contribution in [2.75, 3.05) is 7.11 Å². The lowest BCUT2D eigenvalue weighted by Crippen LogP contribution is -2.14. The van der Waals surface area contributed by atoms with Gasteiger partial charge >= 0.3 is 5.97 Å². The molecule has 1 heterocycles. The van der Waals surface area contributed by atoms with E-state index in [0.29, 0.717) is 5.92 Å². The van der Waals surface area contributed by atoms with E-state index in [-0.39, 0.29) is 12.4 Å². The highest BCUT2D eigenvalue weighted by atomic mass is 16.5. The number of benzene rings is 1. The largest absolute Gasteiger partial charge is 0.469 e. The number of ether oxygens (including phenoxy) is 1. The molecule has 1 atom stereocenters. The number of nitriles is 1. The van der Waals surface area contributed by atoms with Crippen LogP contribution in [0.5, 0.6) is 0 Å². The molecule has 1 unspecified atom stereocenters. The van der Waals surface area contributed by atoms with E-state index in [0.717, 1.165) is 17.6 Å². The molecule has 22 heavy (non-hydrogen) atoms. The van der Waals surface area contributed by atoms with E-state index in [9.17, 15) is 4.79 Å². The summed E-state index contributed by atoms with van der Waals surface area (Å²) in [5.41, 5.74) is 3.16. The minimum atomic E-state index is -0.526. The maximum Gasteiger partial charge on any atom is 0.314 e. The second-order valence-electron chi connectivity index (χ2n) is 6.07. The first-order chi connectivity index (χ1) is 10.5. The number of aromatic nitrogens is 1. The van der Waals surface area contributed by atoms with Crippen molar-refractivity contribution in [3.63, 3.8) is 0 Å². The fourth-order valence-corrected chi connectivity index (χ4v) is 2.82. The Labute approximate surface area is 131 Å². The number of fused-ring (bicyclic) bond motifs is 1. The van der Waals surface area contributed by atoms with Crippen molar-refractivity contribution in [2.24, 2.45) is 5.92 Å². The van der Waals surface area contributed by atoms with Crippen LogP contribution in [-0.2, 0) is 16.1 Å². The predicted molar refractivity (Wildman–Crippen MR) is 86.5 cm³/mol. The average Bonchev–Trinajstić information content (AvgIpc) is 2.79. The number of aryl methyl sites for hydroxylation is 1. The molecule has 0 radical (unpaired) electrons. The minimum Gasteiger partial charge on any atom is -0.469 e. The Morgan fingerprint density at radius 3 is 2.73 bits per heavy atom. The molecule has 0 saturated heterocycles. The number of carbonyl (C=O) groups excluding carboxylic acids is 1. The third kappa shape index (κ3) is 3.14. The van der Waals surface area contributed by atoms with Crippen LogP contribution in [0.2, 0.25) is 0 Å². The van der Waals surface area contributed by atoms with Crippen LogP contribution >= 0.6 is 0 Å². The molecule has 2 aromatic rings. The Bertz CT molecular complexity index is 722. The third-order valence-electron chi connectivity index (χ3n) is 3.85. The summed E-state index contributed by atoms with van der Waals surface area (Å²) >= 11 is 0. The molecule has 1 aromatic carbocycles. The molecule has 0 N–H and O–H groups in total. The van der Waals surface area contributed by atoms with E-state index in [4.69, 9.17) is 10.00 Å². The van der Waals surface area contributed by atoms with Gasteiger partial charge in [-0.25, -0.2) is 0 Å². The van der Waals surface area contributed by atoms with Gasteiger partial charge in [-0.15, -0.1) is 0 Å². The number of hydrogen-bond acceptors (Lipinski definition) is 3. The van der Waals surface area contributed by atoms with Crippen molar-refractivity contribution in [2.45, 2.75) is 39.7 Å². The van der Waals surface area contributed by atoms with Gasteiger partial charge in [-0.1, -0.05) is 26.0 Å². The number of carbonyl (C=O) groups is 1. The van der Waals surface area contributed by atoms with Crippen LogP contribution in [0.1, 0.15) is 37.3 Å². The molecule has 116 valence electrons. The summed E-state index contributed by atoms with van der Waals surface area (Å²) in [6.07, 6.45) is 2.27. The van der Waals surface area contributed by atoms with Crippen molar-refractivity contribution >= 4 is 16.9 Å². The van der Waals surface area contributed by atoms with Crippen LogP contribution in [0.25, 0.3) is 10.9 Å². The second-order valence-corrected chi connectivity index (χ2v) is 6.07. The summed E-state index contributed by atoms with van der Waals surface area (Å²) in [7, 11) is 1.36. The van der Waals surface area contributed by atoms with E-state index in [1.54, 1.807) is 0 Å². The zero-order valence-corrected chi connectivity index (χ0v) is 13.6. The summed E-state index contributed by atoms with van der Waals surface area (Å²) in [5.74, 6) is -0.351. The highest BCUT2D eigenvalue weighted by molar-refractivity contribution is 5.86. The SMILES string of the molecule is COC(=O)C(CC#N)c1ccc2c(C)cn(CC(C)C)c2c1.